The van der Waals surface area contributed by atoms with E-state index in [9.17, 15) is 24.3 Å². The molecule has 6 atom stereocenters. The molecule has 4 aliphatic rings. The van der Waals surface area contributed by atoms with Crippen LogP contribution >= 0.6 is 0 Å². The summed E-state index contributed by atoms with van der Waals surface area (Å²) < 4.78 is 12.2. The molecule has 38 heavy (non-hydrogen) atoms. The van der Waals surface area contributed by atoms with Crippen LogP contribution in [0.5, 0.6) is 0 Å². The molecule has 3 amide bonds. The summed E-state index contributed by atoms with van der Waals surface area (Å²) in [5.74, 6) is -3.48. The highest BCUT2D eigenvalue weighted by atomic mass is 16.6. The lowest BCUT2D eigenvalue weighted by Crippen LogP contribution is -2.55. The highest BCUT2D eigenvalue weighted by molar-refractivity contribution is 5.99. The first-order chi connectivity index (χ1) is 18.4. The number of benzene rings is 1. The molecule has 0 unspecified atom stereocenters. The number of cyclic esters (lactones) is 1. The van der Waals surface area contributed by atoms with Crippen molar-refractivity contribution in [2.75, 3.05) is 26.2 Å². The molecule has 1 aromatic rings. The van der Waals surface area contributed by atoms with Gasteiger partial charge in [0.1, 0.15) is 23.7 Å². The largest absolute Gasteiger partial charge is 0.460 e. The first-order valence-corrected chi connectivity index (χ1v) is 13.1. The maximum atomic E-state index is 14.1. The Morgan fingerprint density at radius 1 is 1.11 bits per heavy atom. The molecule has 2 saturated heterocycles. The summed E-state index contributed by atoms with van der Waals surface area (Å²) in [7, 11) is 0. The Kier molecular flexibility index (Phi) is 7.36. The van der Waals surface area contributed by atoms with E-state index >= 15 is 0 Å². The fourth-order valence-electron chi connectivity index (χ4n) is 6.00. The molecule has 0 aliphatic carbocycles. The number of esters is 1. The summed E-state index contributed by atoms with van der Waals surface area (Å²) in [5.41, 5.74) is -0.456. The molecule has 2 N–H and O–H groups in total. The van der Waals surface area contributed by atoms with Gasteiger partial charge in [-0.3, -0.25) is 19.2 Å². The highest BCUT2D eigenvalue weighted by Crippen LogP contribution is 2.53. The molecule has 2 fully saturated rings. The molecule has 10 heteroatoms. The number of carbonyl (C=O) groups is 4. The Labute approximate surface area is 221 Å². The standard InChI is InChI=1S/C28H33N3O7/c1-18-16-29-21(33)11-6-5-10-20-22(27(36)37-18)23-25(34)31(14-15-32)24-26(35)30(13-7-12-28(23,24)38-20)17-19-8-3-2-4-9-19/h2-5,7-10,12,18,20,22-24,32H,6,11,13-17H2,1H3,(H,29,33)/b10-5-/t18-,20-,22+,23+,24-,28+/m0/s1. The third kappa shape index (κ3) is 4.63. The van der Waals surface area contributed by atoms with Crippen molar-refractivity contribution in [3.8, 4) is 0 Å². The SMILES string of the molecule is C[C@H]1CNC(=O)CC/C=C\[C@@H]2O[C@@]34C=CCN(Cc5ccccc5)C(=O)[C@@H]3N(CCO)C(=O)[C@H]4[C@@H]2C(=O)O1. The van der Waals surface area contributed by atoms with Crippen molar-refractivity contribution < 1.29 is 33.8 Å². The number of likely N-dealkylation sites (tertiary alicyclic amines) is 1. The fraction of sp³-hybridized carbons (Fsp3) is 0.500. The fourth-order valence-corrected chi connectivity index (χ4v) is 6.00. The molecule has 0 aromatic heterocycles. The van der Waals surface area contributed by atoms with E-state index in [0.717, 1.165) is 5.56 Å². The minimum Gasteiger partial charge on any atom is -0.460 e. The number of ether oxygens (including phenoxy) is 2. The van der Waals surface area contributed by atoms with E-state index in [1.54, 1.807) is 30.1 Å². The molecule has 0 saturated carbocycles. The van der Waals surface area contributed by atoms with Gasteiger partial charge in [-0.2, -0.15) is 0 Å². The van der Waals surface area contributed by atoms with Crippen LogP contribution in [-0.4, -0.2) is 88.7 Å². The van der Waals surface area contributed by atoms with Crippen LogP contribution < -0.4 is 5.32 Å². The third-order valence-corrected chi connectivity index (χ3v) is 7.67. The Morgan fingerprint density at radius 2 is 1.89 bits per heavy atom. The maximum Gasteiger partial charge on any atom is 0.313 e. The van der Waals surface area contributed by atoms with Gasteiger partial charge in [0, 0.05) is 26.1 Å². The number of nitrogens with zero attached hydrogens (tertiary/aromatic N) is 2. The molecular formula is C28H33N3O7. The number of aliphatic hydroxyl groups excluding tert-OH is 1. The van der Waals surface area contributed by atoms with Crippen LogP contribution in [0.15, 0.2) is 54.6 Å². The molecule has 0 bridgehead atoms. The van der Waals surface area contributed by atoms with Crippen molar-refractivity contribution in [1.29, 1.82) is 0 Å². The van der Waals surface area contributed by atoms with Crippen LogP contribution in [-0.2, 0) is 35.2 Å². The zero-order valence-corrected chi connectivity index (χ0v) is 21.3. The van der Waals surface area contributed by atoms with E-state index in [1.807, 2.05) is 36.4 Å². The predicted molar refractivity (Wildman–Crippen MR) is 135 cm³/mol. The maximum absolute atomic E-state index is 14.1. The number of rotatable bonds is 4. The first-order valence-electron chi connectivity index (χ1n) is 13.1. The molecular weight excluding hydrogens is 490 g/mol. The van der Waals surface area contributed by atoms with Crippen molar-refractivity contribution >= 4 is 23.7 Å². The van der Waals surface area contributed by atoms with Gasteiger partial charge in [-0.1, -0.05) is 54.6 Å². The number of hydrogen-bond donors (Lipinski definition) is 2. The zero-order chi connectivity index (χ0) is 26.9. The Morgan fingerprint density at radius 3 is 2.66 bits per heavy atom. The molecule has 4 heterocycles. The topological polar surface area (TPSA) is 125 Å². The molecule has 0 radical (unpaired) electrons. The van der Waals surface area contributed by atoms with Gasteiger partial charge < -0.3 is 29.7 Å². The second kappa shape index (κ2) is 10.7. The summed E-state index contributed by atoms with van der Waals surface area (Å²) in [6.45, 7) is 2.08. The quantitative estimate of drug-likeness (QED) is 0.436. The summed E-state index contributed by atoms with van der Waals surface area (Å²) >= 11 is 0. The number of aliphatic hydroxyl groups is 1. The number of nitrogens with one attached hydrogen (secondary N) is 1. The first kappa shape index (κ1) is 26.1. The van der Waals surface area contributed by atoms with E-state index < -0.39 is 47.6 Å². The number of carbonyl (C=O) groups excluding carboxylic acids is 4. The van der Waals surface area contributed by atoms with Gasteiger partial charge in [0.05, 0.1) is 25.2 Å². The average Bonchev–Trinajstić information content (AvgIpc) is 3.28. The Bertz CT molecular complexity index is 1150. The molecule has 5 rings (SSSR count). The predicted octanol–water partition coefficient (Wildman–Crippen LogP) is 0.556. The van der Waals surface area contributed by atoms with E-state index in [1.165, 1.54) is 4.90 Å². The second-order valence-corrected chi connectivity index (χ2v) is 10.2. The van der Waals surface area contributed by atoms with Crippen molar-refractivity contribution in [3.05, 3.63) is 60.2 Å². The normalized spacial score (nSPS) is 34.3. The van der Waals surface area contributed by atoms with Gasteiger partial charge in [0.15, 0.2) is 0 Å². The average molecular weight is 524 g/mol. The van der Waals surface area contributed by atoms with Crippen LogP contribution in [0.3, 0.4) is 0 Å². The lowest BCUT2D eigenvalue weighted by Gasteiger charge is -2.35. The minimum atomic E-state index is -1.40. The van der Waals surface area contributed by atoms with Crippen molar-refractivity contribution in [2.24, 2.45) is 11.8 Å². The second-order valence-electron chi connectivity index (χ2n) is 10.2. The van der Waals surface area contributed by atoms with E-state index in [0.29, 0.717) is 19.5 Å². The smallest absolute Gasteiger partial charge is 0.313 e. The number of fused-ring (bicyclic) bond motifs is 2. The third-order valence-electron chi connectivity index (χ3n) is 7.67. The number of allylic oxidation sites excluding steroid dienone is 1. The van der Waals surface area contributed by atoms with Gasteiger partial charge in [-0.25, -0.2) is 0 Å². The zero-order valence-electron chi connectivity index (χ0n) is 21.3. The van der Waals surface area contributed by atoms with Crippen LogP contribution in [0.4, 0.5) is 0 Å². The Hall–Kier alpha value is -3.50. The van der Waals surface area contributed by atoms with Crippen LogP contribution in [0.2, 0.25) is 0 Å². The van der Waals surface area contributed by atoms with Crippen molar-refractivity contribution in [2.45, 2.75) is 50.2 Å². The van der Waals surface area contributed by atoms with Crippen molar-refractivity contribution in [1.82, 2.24) is 15.1 Å². The minimum absolute atomic E-state index is 0.0609. The van der Waals surface area contributed by atoms with E-state index in [-0.39, 0.29) is 37.9 Å². The van der Waals surface area contributed by atoms with Crippen LogP contribution in [0, 0.1) is 11.8 Å². The van der Waals surface area contributed by atoms with Gasteiger partial charge in [-0.05, 0) is 18.9 Å². The molecule has 1 aromatic carbocycles. The van der Waals surface area contributed by atoms with E-state index in [4.69, 9.17) is 9.47 Å². The number of hydrogen-bond acceptors (Lipinski definition) is 7. The van der Waals surface area contributed by atoms with E-state index in [2.05, 4.69) is 5.32 Å². The summed E-state index contributed by atoms with van der Waals surface area (Å²) in [6, 6.07) is 8.52. The lowest BCUT2D eigenvalue weighted by atomic mass is 9.78. The number of β-amino-alcohol motifs (C(OH)–C–C–N with tert-alkyl or cyclic N) is 1. The molecule has 4 aliphatic heterocycles. The van der Waals surface area contributed by atoms with Gasteiger partial charge in [0.25, 0.3) is 0 Å². The summed E-state index contributed by atoms with van der Waals surface area (Å²) in [5, 5.41) is 12.5. The summed E-state index contributed by atoms with van der Waals surface area (Å²) in [4.78, 5) is 56.5. The van der Waals surface area contributed by atoms with Crippen molar-refractivity contribution in [3.63, 3.8) is 0 Å². The summed E-state index contributed by atoms with van der Waals surface area (Å²) in [6.07, 6.45) is 6.31. The van der Waals surface area contributed by atoms with Crippen LogP contribution in [0.1, 0.15) is 25.3 Å². The molecule has 1 spiro atoms. The van der Waals surface area contributed by atoms with Gasteiger partial charge in [0.2, 0.25) is 17.7 Å². The molecule has 202 valence electrons. The Balaban J connectivity index is 1.53. The van der Waals surface area contributed by atoms with Gasteiger partial charge in [-0.15, -0.1) is 0 Å². The molecule has 10 nitrogen and oxygen atoms in total. The highest BCUT2D eigenvalue weighted by Gasteiger charge is 2.71. The number of amides is 3. The lowest BCUT2D eigenvalue weighted by molar-refractivity contribution is -0.159. The van der Waals surface area contributed by atoms with Gasteiger partial charge >= 0.3 is 5.97 Å². The van der Waals surface area contributed by atoms with Crippen LogP contribution in [0.25, 0.3) is 0 Å². The monoisotopic (exact) mass is 523 g/mol.